The fourth-order valence-electron chi connectivity index (χ4n) is 0. The second kappa shape index (κ2) is 21.1. The van der Waals surface area contributed by atoms with Crippen LogP contribution in [0, 0.1) is 0 Å². The van der Waals surface area contributed by atoms with E-state index in [2.05, 4.69) is 0 Å². The van der Waals surface area contributed by atoms with Gasteiger partial charge in [-0.25, -0.2) is 4.57 Å². The Balaban J connectivity index is -0.0000000128. The summed E-state index contributed by atoms with van der Waals surface area (Å²) in [6.45, 7) is 0. The quantitative estimate of drug-likeness (QED) is 0.140. The molecule has 0 saturated heterocycles. The van der Waals surface area contributed by atoms with E-state index in [-0.39, 0.29) is 146 Å². The van der Waals surface area contributed by atoms with Gasteiger partial charge >= 0.3 is 138 Å². The fourth-order valence-corrected chi connectivity index (χ4v) is 0. The van der Waals surface area contributed by atoms with Gasteiger partial charge in [0.05, 0.1) is 0 Å². The Morgan fingerprint density at radius 2 is 0.867 bits per heavy atom. The normalized spacial score (nSPS) is 7.93. The molecule has 0 aliphatic rings. The zero-order valence-corrected chi connectivity index (χ0v) is 10.6. The predicted octanol–water partition coefficient (Wildman–Crippen LogP) is -7.11. The molecular weight excluding hydrogens is 436 g/mol. The maximum atomic E-state index is 8.88. The van der Waals surface area contributed by atoms with Gasteiger partial charge in [-0.2, -0.15) is 0 Å². The van der Waals surface area contributed by atoms with Gasteiger partial charge in [0.2, 0.25) is 0 Å². The summed E-state index contributed by atoms with van der Waals surface area (Å²) in [5.74, 6) is 0. The molecule has 86 valence electrons. The molecule has 0 aromatic heterocycles. The Hall–Kier alpha value is 4.75. The standard InChI is InChI=1S/2Ca.H3O4P.H4O4Si.H2O.Sr.Zn.6H/c;;2*1-5(2,3)4;;;;;;;;;/h;;(H3,1,2,3,4);1-4H;1H2;;;;;;;;. The smallest absolute Gasteiger partial charge is 0 e. The first kappa shape index (κ1) is 42.7. The van der Waals surface area contributed by atoms with E-state index in [9.17, 15) is 0 Å². The van der Waals surface area contributed by atoms with Crippen LogP contribution in [0.3, 0.4) is 0 Å². The number of phosphoric acid groups is 1. The maximum Gasteiger partial charge on any atom is 0 e. The molecule has 15 heteroatoms. The van der Waals surface area contributed by atoms with Crippen molar-refractivity contribution in [1.82, 2.24) is 0 Å². The van der Waals surface area contributed by atoms with Crippen LogP contribution in [0.2, 0.25) is 0 Å². The van der Waals surface area contributed by atoms with E-state index < -0.39 is 16.9 Å². The van der Waals surface area contributed by atoms with E-state index in [4.69, 9.17) is 38.4 Å². The molecule has 0 fully saturated rings. The van der Waals surface area contributed by atoms with Crippen molar-refractivity contribution in [3.63, 3.8) is 0 Å². The van der Waals surface area contributed by atoms with Gasteiger partial charge in [-0.05, 0) is 0 Å². The van der Waals surface area contributed by atoms with Crippen LogP contribution in [0.5, 0.6) is 0 Å². The van der Waals surface area contributed by atoms with Crippen molar-refractivity contribution in [3.8, 4) is 0 Å². The van der Waals surface area contributed by atoms with Gasteiger partial charge < -0.3 is 39.3 Å². The summed E-state index contributed by atoms with van der Waals surface area (Å²) in [5, 5.41) is 0. The number of hydrogen-bond acceptors (Lipinski definition) is 5. The first-order valence-corrected chi connectivity index (χ1v) is 5.03. The molecule has 0 amide bonds. The zero-order valence-electron chi connectivity index (χ0n) is 5.69. The molecule has 15 heavy (non-hydrogen) atoms. The third kappa shape index (κ3) is 233. The van der Waals surface area contributed by atoms with Crippen LogP contribution in [0.15, 0.2) is 0 Å². The van der Waals surface area contributed by atoms with Crippen molar-refractivity contribution in [2.24, 2.45) is 0 Å². The SMILES string of the molecule is O.O=P(O)(O)O.O[Si](O)(O)O.[CaH2].[CaH2].[SrH2].[Zn]. The van der Waals surface area contributed by atoms with Crippen molar-refractivity contribution in [2.75, 3.05) is 0 Å². The molecule has 0 unspecified atom stereocenters. The zero-order chi connectivity index (χ0) is 9.00. The molecule has 0 rings (SSSR count). The van der Waals surface area contributed by atoms with Crippen LogP contribution in [0.25, 0.3) is 0 Å². The van der Waals surface area contributed by atoms with Crippen molar-refractivity contribution in [3.05, 3.63) is 0 Å². The maximum absolute atomic E-state index is 8.88. The third-order valence-corrected chi connectivity index (χ3v) is 0. The minimum atomic E-state index is -4.64. The first-order valence-electron chi connectivity index (χ1n) is 1.68. The molecule has 0 heterocycles. The fraction of sp³-hybridized carbons (Fsp3) is 0. The van der Waals surface area contributed by atoms with Gasteiger partial charge in [0.1, 0.15) is 0 Å². The molecule has 0 bridgehead atoms. The monoisotopic (exact) mass is 450 g/mol. The van der Waals surface area contributed by atoms with Crippen LogP contribution in [-0.4, -0.2) is 169 Å². The summed E-state index contributed by atoms with van der Waals surface area (Å²) < 4.78 is 8.88. The summed E-state index contributed by atoms with van der Waals surface area (Å²) in [5.41, 5.74) is 0. The van der Waals surface area contributed by atoms with Gasteiger partial charge in [0.25, 0.3) is 0 Å². The topological polar surface area (TPSA) is 190 Å². The van der Waals surface area contributed by atoms with Crippen LogP contribution in [0.1, 0.15) is 0 Å². The summed E-state index contributed by atoms with van der Waals surface area (Å²) >= 11 is 0. The second-order valence-electron chi connectivity index (χ2n) is 1.11. The minimum absolute atomic E-state index is 0. The van der Waals surface area contributed by atoms with Crippen LogP contribution in [0.4, 0.5) is 0 Å². The molecule has 0 aliphatic carbocycles. The summed E-state index contributed by atoms with van der Waals surface area (Å²) in [7, 11) is -9.25. The Bertz CT molecular complexity index is 120. The predicted molar refractivity (Wildman–Crippen MR) is 58.1 cm³/mol. The van der Waals surface area contributed by atoms with E-state index in [0.717, 1.165) is 0 Å². The molecule has 0 saturated carbocycles. The first-order chi connectivity index (χ1) is 4.00. The second-order valence-corrected chi connectivity index (χ2v) is 3.34. The van der Waals surface area contributed by atoms with E-state index in [1.165, 1.54) is 0 Å². The van der Waals surface area contributed by atoms with E-state index in [1.54, 1.807) is 0 Å². The minimum Gasteiger partial charge on any atom is 0 e. The van der Waals surface area contributed by atoms with Crippen molar-refractivity contribution in [1.29, 1.82) is 0 Å². The Labute approximate surface area is 196 Å². The molecular formula is H15Ca2O9PSiSrZn. The molecule has 0 aromatic carbocycles. The van der Waals surface area contributed by atoms with E-state index in [1.807, 2.05) is 0 Å². The summed E-state index contributed by atoms with van der Waals surface area (Å²) in [6.07, 6.45) is 0. The Kier molecular flexibility index (Phi) is 60.0. The molecule has 0 radical (unpaired) electrons. The van der Waals surface area contributed by atoms with Crippen molar-refractivity contribution in [2.45, 2.75) is 0 Å². The Morgan fingerprint density at radius 3 is 0.867 bits per heavy atom. The molecule has 0 spiro atoms. The van der Waals surface area contributed by atoms with Gasteiger partial charge in [-0.3, -0.25) is 0 Å². The van der Waals surface area contributed by atoms with Crippen LogP contribution >= 0.6 is 7.82 Å². The molecule has 0 aliphatic heterocycles. The molecule has 0 aromatic rings. The van der Waals surface area contributed by atoms with Gasteiger partial charge in [0, 0.05) is 19.5 Å². The van der Waals surface area contributed by atoms with Crippen LogP contribution in [-0.2, 0) is 24.0 Å². The average Bonchev–Trinajstić information content (AvgIpc) is 1.12. The average molecular weight is 451 g/mol. The van der Waals surface area contributed by atoms with Gasteiger partial charge in [-0.1, -0.05) is 0 Å². The largest absolute Gasteiger partial charge is 0 e. The Morgan fingerprint density at radius 1 is 0.867 bits per heavy atom. The van der Waals surface area contributed by atoms with Crippen LogP contribution < -0.4 is 0 Å². The van der Waals surface area contributed by atoms with Crippen molar-refractivity contribution < 1.29 is 63.4 Å². The molecule has 9 N–H and O–H groups in total. The van der Waals surface area contributed by atoms with E-state index >= 15 is 0 Å². The number of rotatable bonds is 0. The van der Waals surface area contributed by atoms with Gasteiger partial charge in [-0.15, -0.1) is 0 Å². The third-order valence-electron chi connectivity index (χ3n) is 0. The van der Waals surface area contributed by atoms with Crippen molar-refractivity contribution >= 4 is 138 Å². The number of hydrogen-bond donors (Lipinski definition) is 7. The molecule has 9 nitrogen and oxygen atoms in total. The summed E-state index contributed by atoms with van der Waals surface area (Å²) in [4.78, 5) is 50.9. The molecule has 0 atom stereocenters. The summed E-state index contributed by atoms with van der Waals surface area (Å²) in [6, 6.07) is 0. The van der Waals surface area contributed by atoms with Gasteiger partial charge in [0.15, 0.2) is 0 Å². The van der Waals surface area contributed by atoms with E-state index in [0.29, 0.717) is 0 Å².